The van der Waals surface area contributed by atoms with Gasteiger partial charge in [0.1, 0.15) is 0 Å². The Morgan fingerprint density at radius 1 is 1.36 bits per heavy atom. The molecule has 0 bridgehead atoms. The fourth-order valence-corrected chi connectivity index (χ4v) is 1.26. The summed E-state index contributed by atoms with van der Waals surface area (Å²) in [4.78, 5) is 3.10. The summed E-state index contributed by atoms with van der Waals surface area (Å²) in [5.41, 5.74) is 8.88. The molecule has 0 spiro atoms. The summed E-state index contributed by atoms with van der Waals surface area (Å²) in [5.74, 6) is 0. The molecule has 0 aliphatic rings. The number of rotatable bonds is 0. The molecule has 3 N–H and O–H groups in total. The number of fused-ring (bicyclic) bond motifs is 1. The summed E-state index contributed by atoms with van der Waals surface area (Å²) in [6.07, 6.45) is 1.82. The zero-order valence-corrected chi connectivity index (χ0v) is 6.39. The van der Waals surface area contributed by atoms with Crippen molar-refractivity contribution in [2.45, 2.75) is 6.92 Å². The molecule has 0 unspecified atom stereocenters. The van der Waals surface area contributed by atoms with Gasteiger partial charge in [-0.3, -0.25) is 0 Å². The van der Waals surface area contributed by atoms with Crippen LogP contribution in [-0.2, 0) is 0 Å². The quantitative estimate of drug-likeness (QED) is 0.587. The van der Waals surface area contributed by atoms with Crippen LogP contribution in [-0.4, -0.2) is 4.98 Å². The van der Waals surface area contributed by atoms with Crippen LogP contribution in [0.4, 0.5) is 5.69 Å². The van der Waals surface area contributed by atoms with E-state index in [2.05, 4.69) is 24.0 Å². The van der Waals surface area contributed by atoms with Gasteiger partial charge >= 0.3 is 0 Å². The molecule has 0 saturated carbocycles. The lowest BCUT2D eigenvalue weighted by Crippen LogP contribution is -1.79. The lowest BCUT2D eigenvalue weighted by Gasteiger charge is -1.92. The molecular formula is C9H10N2. The third-order valence-electron chi connectivity index (χ3n) is 1.87. The topological polar surface area (TPSA) is 41.8 Å². The molecule has 0 fully saturated rings. The SMILES string of the molecule is Cc1ccc2c(N)c[nH]c2c1. The van der Waals surface area contributed by atoms with Crippen LogP contribution in [0.25, 0.3) is 10.9 Å². The molecule has 0 saturated heterocycles. The Kier molecular flexibility index (Phi) is 1.15. The minimum Gasteiger partial charge on any atom is -0.397 e. The Hall–Kier alpha value is -1.44. The number of anilines is 1. The van der Waals surface area contributed by atoms with E-state index < -0.39 is 0 Å². The van der Waals surface area contributed by atoms with Gasteiger partial charge in [-0.2, -0.15) is 0 Å². The van der Waals surface area contributed by atoms with Gasteiger partial charge in [-0.25, -0.2) is 0 Å². The molecule has 2 aromatic rings. The van der Waals surface area contributed by atoms with E-state index in [0.29, 0.717) is 0 Å². The number of nitrogens with one attached hydrogen (secondary N) is 1. The first-order chi connectivity index (χ1) is 5.27. The fraction of sp³-hybridized carbons (Fsp3) is 0.111. The van der Waals surface area contributed by atoms with Crippen molar-refractivity contribution in [1.82, 2.24) is 4.98 Å². The largest absolute Gasteiger partial charge is 0.397 e. The third-order valence-corrected chi connectivity index (χ3v) is 1.87. The first-order valence-electron chi connectivity index (χ1n) is 3.60. The molecule has 0 aliphatic heterocycles. The average Bonchev–Trinajstić information content (AvgIpc) is 2.32. The molecule has 56 valence electrons. The van der Waals surface area contributed by atoms with Gasteiger partial charge in [0, 0.05) is 17.1 Å². The van der Waals surface area contributed by atoms with Crippen molar-refractivity contribution in [2.24, 2.45) is 0 Å². The van der Waals surface area contributed by atoms with Gasteiger partial charge in [-0.15, -0.1) is 0 Å². The number of hydrogen-bond acceptors (Lipinski definition) is 1. The predicted octanol–water partition coefficient (Wildman–Crippen LogP) is 2.06. The lowest BCUT2D eigenvalue weighted by atomic mass is 10.2. The maximum absolute atomic E-state index is 5.70. The Balaban J connectivity index is 2.86. The minimum atomic E-state index is 0.819. The second-order valence-corrected chi connectivity index (χ2v) is 2.79. The first-order valence-corrected chi connectivity index (χ1v) is 3.60. The maximum Gasteiger partial charge on any atom is 0.0571 e. The van der Waals surface area contributed by atoms with E-state index in [9.17, 15) is 0 Å². The van der Waals surface area contributed by atoms with Gasteiger partial charge in [-0.1, -0.05) is 12.1 Å². The van der Waals surface area contributed by atoms with Gasteiger partial charge in [-0.05, 0) is 18.6 Å². The molecule has 2 rings (SSSR count). The van der Waals surface area contributed by atoms with Crippen LogP contribution in [0, 0.1) is 6.92 Å². The number of aryl methyl sites for hydroxylation is 1. The summed E-state index contributed by atoms with van der Waals surface area (Å²) in [6, 6.07) is 6.19. The van der Waals surface area contributed by atoms with Gasteiger partial charge in [0.15, 0.2) is 0 Å². The second kappa shape index (κ2) is 2.02. The zero-order valence-electron chi connectivity index (χ0n) is 6.39. The van der Waals surface area contributed by atoms with Crippen molar-refractivity contribution < 1.29 is 0 Å². The van der Waals surface area contributed by atoms with Crippen molar-refractivity contribution in [3.8, 4) is 0 Å². The van der Waals surface area contributed by atoms with Gasteiger partial charge in [0.25, 0.3) is 0 Å². The Bertz CT molecular complexity index is 387. The van der Waals surface area contributed by atoms with Gasteiger partial charge in [0.2, 0.25) is 0 Å². The van der Waals surface area contributed by atoms with E-state index in [-0.39, 0.29) is 0 Å². The number of hydrogen-bond donors (Lipinski definition) is 2. The molecule has 11 heavy (non-hydrogen) atoms. The highest BCUT2D eigenvalue weighted by molar-refractivity contribution is 5.91. The molecule has 0 atom stereocenters. The highest BCUT2D eigenvalue weighted by atomic mass is 14.7. The smallest absolute Gasteiger partial charge is 0.0571 e. The summed E-state index contributed by atoms with van der Waals surface area (Å²) >= 11 is 0. The summed E-state index contributed by atoms with van der Waals surface area (Å²) in [5, 5.41) is 1.11. The standard InChI is InChI=1S/C9H10N2/c1-6-2-3-7-8(10)5-11-9(7)4-6/h2-5,11H,10H2,1H3. The Morgan fingerprint density at radius 3 is 3.00 bits per heavy atom. The summed E-state index contributed by atoms with van der Waals surface area (Å²) in [7, 11) is 0. The van der Waals surface area contributed by atoms with Crippen LogP contribution in [0.1, 0.15) is 5.56 Å². The Morgan fingerprint density at radius 2 is 2.18 bits per heavy atom. The van der Waals surface area contributed by atoms with Gasteiger partial charge in [0.05, 0.1) is 5.69 Å². The van der Waals surface area contributed by atoms with E-state index in [1.165, 1.54) is 5.56 Å². The number of aromatic amines is 1. The van der Waals surface area contributed by atoms with Crippen molar-refractivity contribution in [3.63, 3.8) is 0 Å². The highest BCUT2D eigenvalue weighted by Crippen LogP contribution is 2.20. The van der Waals surface area contributed by atoms with E-state index in [0.717, 1.165) is 16.6 Å². The van der Waals surface area contributed by atoms with Crippen LogP contribution < -0.4 is 5.73 Å². The fourth-order valence-electron chi connectivity index (χ4n) is 1.26. The maximum atomic E-state index is 5.70. The average molecular weight is 146 g/mol. The Labute approximate surface area is 65.0 Å². The lowest BCUT2D eigenvalue weighted by molar-refractivity contribution is 1.44. The first kappa shape index (κ1) is 6.28. The van der Waals surface area contributed by atoms with E-state index in [1.54, 1.807) is 0 Å². The molecule has 0 amide bonds. The molecule has 2 heteroatoms. The van der Waals surface area contributed by atoms with E-state index >= 15 is 0 Å². The van der Waals surface area contributed by atoms with Crippen molar-refractivity contribution in [2.75, 3.05) is 5.73 Å². The van der Waals surface area contributed by atoms with Crippen molar-refractivity contribution >= 4 is 16.6 Å². The normalized spacial score (nSPS) is 10.6. The number of H-pyrrole nitrogens is 1. The molecule has 1 aromatic carbocycles. The highest BCUT2D eigenvalue weighted by Gasteiger charge is 1.97. The molecule has 1 aromatic heterocycles. The number of benzene rings is 1. The van der Waals surface area contributed by atoms with E-state index in [4.69, 9.17) is 5.73 Å². The predicted molar refractivity (Wildman–Crippen MR) is 47.4 cm³/mol. The minimum absolute atomic E-state index is 0.819. The molecular weight excluding hydrogens is 136 g/mol. The number of aromatic nitrogens is 1. The second-order valence-electron chi connectivity index (χ2n) is 2.79. The molecule has 2 nitrogen and oxygen atoms in total. The van der Waals surface area contributed by atoms with Crippen LogP contribution in [0.15, 0.2) is 24.4 Å². The van der Waals surface area contributed by atoms with Crippen LogP contribution >= 0.6 is 0 Å². The summed E-state index contributed by atoms with van der Waals surface area (Å²) in [6.45, 7) is 2.07. The molecule has 0 aliphatic carbocycles. The molecule has 1 heterocycles. The van der Waals surface area contributed by atoms with Crippen LogP contribution in [0.2, 0.25) is 0 Å². The van der Waals surface area contributed by atoms with Crippen molar-refractivity contribution in [3.05, 3.63) is 30.0 Å². The molecule has 0 radical (unpaired) electrons. The monoisotopic (exact) mass is 146 g/mol. The zero-order chi connectivity index (χ0) is 7.84. The van der Waals surface area contributed by atoms with Crippen LogP contribution in [0.3, 0.4) is 0 Å². The number of nitrogen functional groups attached to an aromatic ring is 1. The van der Waals surface area contributed by atoms with Gasteiger partial charge < -0.3 is 10.7 Å². The summed E-state index contributed by atoms with van der Waals surface area (Å²) < 4.78 is 0. The van der Waals surface area contributed by atoms with Crippen LogP contribution in [0.5, 0.6) is 0 Å². The third kappa shape index (κ3) is 0.871. The van der Waals surface area contributed by atoms with Crippen molar-refractivity contribution in [1.29, 1.82) is 0 Å². The number of nitrogens with two attached hydrogens (primary N) is 1. The van der Waals surface area contributed by atoms with E-state index in [1.807, 2.05) is 12.3 Å².